The first-order valence-corrected chi connectivity index (χ1v) is 2.54. The lowest BCUT2D eigenvalue weighted by atomic mass is 10.3. The molecule has 0 spiro atoms. The van der Waals surface area contributed by atoms with Gasteiger partial charge in [-0.1, -0.05) is 13.8 Å². The van der Waals surface area contributed by atoms with Gasteiger partial charge in [0.15, 0.2) is 0 Å². The lowest BCUT2D eigenvalue weighted by Gasteiger charge is -1.86. The van der Waals surface area contributed by atoms with Crippen LogP contribution < -0.4 is 5.73 Å². The number of nitrogens with zero attached hydrogens (tertiary/aromatic N) is 2. The van der Waals surface area contributed by atoms with Gasteiger partial charge in [0.05, 0.1) is 0 Å². The topological polar surface area (TPSA) is 50.7 Å². The molecule has 0 radical (unpaired) electrons. The van der Waals surface area contributed by atoms with E-state index in [9.17, 15) is 0 Å². The molecule has 0 saturated heterocycles. The van der Waals surface area contributed by atoms with Gasteiger partial charge in [0.1, 0.15) is 6.34 Å². The predicted octanol–water partition coefficient (Wildman–Crippen LogP) is 0.615. The lowest BCUT2D eigenvalue weighted by Crippen LogP contribution is -1.88. The highest BCUT2D eigenvalue weighted by Crippen LogP contribution is 1.83. The molecule has 0 bridgehead atoms. The van der Waals surface area contributed by atoms with E-state index in [0.29, 0.717) is 5.92 Å². The van der Waals surface area contributed by atoms with Crippen LogP contribution in [-0.4, -0.2) is 12.6 Å². The fourth-order valence-electron chi connectivity index (χ4n) is 0.210. The van der Waals surface area contributed by atoms with Crippen molar-refractivity contribution in [1.29, 1.82) is 0 Å². The summed E-state index contributed by atoms with van der Waals surface area (Å²) in [5.74, 6) is 0.443. The molecule has 0 aliphatic heterocycles. The van der Waals surface area contributed by atoms with E-state index in [4.69, 9.17) is 5.73 Å². The van der Waals surface area contributed by atoms with Crippen LogP contribution in [0.15, 0.2) is 10.2 Å². The highest BCUT2D eigenvalue weighted by molar-refractivity contribution is 5.61. The maximum atomic E-state index is 4.91. The molecule has 8 heavy (non-hydrogen) atoms. The fourth-order valence-corrected chi connectivity index (χ4v) is 0.210. The first-order chi connectivity index (χ1) is 3.77. The van der Waals surface area contributed by atoms with E-state index in [1.54, 1.807) is 6.21 Å². The van der Waals surface area contributed by atoms with Crippen LogP contribution in [0.5, 0.6) is 0 Å². The number of nitrogens with two attached hydrogens (primary N) is 1. The molecule has 0 atom stereocenters. The normalized spacial score (nSPS) is 12.4. The minimum Gasteiger partial charge on any atom is -0.388 e. The SMILES string of the molecule is CC(C)/C=N\N=C/N. The van der Waals surface area contributed by atoms with Crippen LogP contribution in [0.1, 0.15) is 13.8 Å². The molecule has 0 heterocycles. The summed E-state index contributed by atoms with van der Waals surface area (Å²) in [5.41, 5.74) is 4.91. The van der Waals surface area contributed by atoms with Gasteiger partial charge in [-0.05, 0) is 5.92 Å². The molecule has 2 N–H and O–H groups in total. The smallest absolute Gasteiger partial charge is 0.108 e. The van der Waals surface area contributed by atoms with Gasteiger partial charge in [0.2, 0.25) is 0 Å². The van der Waals surface area contributed by atoms with Gasteiger partial charge >= 0.3 is 0 Å². The van der Waals surface area contributed by atoms with Gasteiger partial charge in [-0.2, -0.15) is 5.10 Å². The third-order valence-corrected chi connectivity index (χ3v) is 0.498. The first-order valence-electron chi connectivity index (χ1n) is 2.54. The summed E-state index contributed by atoms with van der Waals surface area (Å²) in [7, 11) is 0. The van der Waals surface area contributed by atoms with Crippen molar-refractivity contribution >= 4 is 12.6 Å². The average molecular weight is 113 g/mol. The summed E-state index contributed by atoms with van der Waals surface area (Å²) in [6.45, 7) is 4.05. The van der Waals surface area contributed by atoms with Gasteiger partial charge in [-0.3, -0.25) is 0 Å². The molecule has 0 amide bonds. The minimum atomic E-state index is 0.443. The second kappa shape index (κ2) is 4.30. The van der Waals surface area contributed by atoms with E-state index in [0.717, 1.165) is 0 Å². The third-order valence-electron chi connectivity index (χ3n) is 0.498. The van der Waals surface area contributed by atoms with Crippen molar-refractivity contribution in [3.63, 3.8) is 0 Å². The quantitative estimate of drug-likeness (QED) is 0.318. The van der Waals surface area contributed by atoms with Crippen molar-refractivity contribution in [2.24, 2.45) is 21.9 Å². The number of hydrogen-bond acceptors (Lipinski definition) is 2. The van der Waals surface area contributed by atoms with Crippen LogP contribution in [0.3, 0.4) is 0 Å². The third kappa shape index (κ3) is 5.14. The molecule has 0 aliphatic carbocycles. The van der Waals surface area contributed by atoms with E-state index in [-0.39, 0.29) is 0 Å². The molecule has 0 fully saturated rings. The summed E-state index contributed by atoms with van der Waals surface area (Å²) in [6.07, 6.45) is 2.89. The Balaban J connectivity index is 3.34. The van der Waals surface area contributed by atoms with E-state index in [2.05, 4.69) is 10.2 Å². The highest BCUT2D eigenvalue weighted by Gasteiger charge is 1.80. The molecule has 0 aromatic rings. The van der Waals surface area contributed by atoms with Crippen molar-refractivity contribution in [2.75, 3.05) is 0 Å². The molecule has 0 saturated carbocycles. The van der Waals surface area contributed by atoms with Crippen molar-refractivity contribution < 1.29 is 0 Å². The fraction of sp³-hybridized carbons (Fsp3) is 0.600. The maximum Gasteiger partial charge on any atom is 0.108 e. The Morgan fingerprint density at radius 2 is 2.00 bits per heavy atom. The molecule has 0 aromatic heterocycles. The molecular formula is C5H11N3. The highest BCUT2D eigenvalue weighted by atomic mass is 15.2. The van der Waals surface area contributed by atoms with E-state index in [1.165, 1.54) is 6.34 Å². The Labute approximate surface area is 49.3 Å². The zero-order chi connectivity index (χ0) is 6.41. The van der Waals surface area contributed by atoms with Crippen molar-refractivity contribution in [2.45, 2.75) is 13.8 Å². The standard InChI is InChI=1S/C5H11N3/c1-5(2)3-7-8-4-6/h3-5H,1-2H3,(H2,6,8)/b7-3-. The summed E-state index contributed by atoms with van der Waals surface area (Å²) < 4.78 is 0. The van der Waals surface area contributed by atoms with Crippen molar-refractivity contribution in [3.8, 4) is 0 Å². The van der Waals surface area contributed by atoms with Crippen LogP contribution in [0.25, 0.3) is 0 Å². The maximum absolute atomic E-state index is 4.91. The van der Waals surface area contributed by atoms with Crippen LogP contribution in [0.2, 0.25) is 0 Å². The Morgan fingerprint density at radius 3 is 2.38 bits per heavy atom. The second-order valence-electron chi connectivity index (χ2n) is 1.77. The molecule has 0 rings (SSSR count). The largest absolute Gasteiger partial charge is 0.388 e. The predicted molar refractivity (Wildman–Crippen MR) is 36.0 cm³/mol. The van der Waals surface area contributed by atoms with Crippen LogP contribution >= 0.6 is 0 Å². The Morgan fingerprint density at radius 1 is 1.38 bits per heavy atom. The summed E-state index contributed by atoms with van der Waals surface area (Å²) in [6, 6.07) is 0. The zero-order valence-electron chi connectivity index (χ0n) is 5.20. The van der Waals surface area contributed by atoms with Crippen LogP contribution in [-0.2, 0) is 0 Å². The van der Waals surface area contributed by atoms with Crippen molar-refractivity contribution in [1.82, 2.24) is 0 Å². The molecule has 0 aromatic carbocycles. The van der Waals surface area contributed by atoms with Gasteiger partial charge in [0, 0.05) is 6.21 Å². The Kier molecular flexibility index (Phi) is 3.84. The second-order valence-corrected chi connectivity index (χ2v) is 1.77. The average Bonchev–Trinajstić information content (AvgIpc) is 1.66. The van der Waals surface area contributed by atoms with E-state index < -0.39 is 0 Å². The Hall–Kier alpha value is -0.860. The van der Waals surface area contributed by atoms with Crippen LogP contribution in [0, 0.1) is 5.92 Å². The summed E-state index contributed by atoms with van der Waals surface area (Å²) in [5, 5.41) is 7.04. The molecule has 3 nitrogen and oxygen atoms in total. The number of rotatable bonds is 2. The Bertz CT molecular complexity index is 93.8. The first kappa shape index (κ1) is 7.14. The van der Waals surface area contributed by atoms with E-state index in [1.807, 2.05) is 13.8 Å². The lowest BCUT2D eigenvalue weighted by molar-refractivity contribution is 0.900. The molecular weight excluding hydrogens is 102 g/mol. The molecule has 46 valence electrons. The van der Waals surface area contributed by atoms with Crippen molar-refractivity contribution in [3.05, 3.63) is 0 Å². The number of hydrogen-bond donors (Lipinski definition) is 1. The van der Waals surface area contributed by atoms with E-state index >= 15 is 0 Å². The van der Waals surface area contributed by atoms with Crippen LogP contribution in [0.4, 0.5) is 0 Å². The van der Waals surface area contributed by atoms with Gasteiger partial charge in [-0.25, -0.2) is 0 Å². The minimum absolute atomic E-state index is 0.443. The molecule has 0 unspecified atom stereocenters. The summed E-state index contributed by atoms with van der Waals surface area (Å²) in [4.78, 5) is 0. The monoisotopic (exact) mass is 113 g/mol. The van der Waals surface area contributed by atoms with Gasteiger partial charge in [-0.15, -0.1) is 5.10 Å². The van der Waals surface area contributed by atoms with Gasteiger partial charge < -0.3 is 5.73 Å². The molecule has 3 heteroatoms. The molecule has 0 aliphatic rings. The zero-order valence-corrected chi connectivity index (χ0v) is 5.20. The van der Waals surface area contributed by atoms with Gasteiger partial charge in [0.25, 0.3) is 0 Å². The summed E-state index contributed by atoms with van der Waals surface area (Å²) >= 11 is 0.